The molecule has 0 bridgehead atoms. The van der Waals surface area contributed by atoms with E-state index < -0.39 is 11.9 Å². The normalized spacial score (nSPS) is 12.4. The van der Waals surface area contributed by atoms with Crippen LogP contribution in [0.1, 0.15) is 67.9 Å². The third kappa shape index (κ3) is 4.25. The fraction of sp³-hybridized carbons (Fsp3) is 0.185. The second-order valence-corrected chi connectivity index (χ2v) is 16.5. The zero-order chi connectivity index (χ0) is 40.0. The Morgan fingerprint density at radius 1 is 0.379 bits per heavy atom. The van der Waals surface area contributed by atoms with Crippen molar-refractivity contribution in [1.29, 1.82) is 0 Å². The van der Waals surface area contributed by atoms with Crippen molar-refractivity contribution in [2.75, 3.05) is 13.2 Å². The number of rotatable bonds is 6. The standard InChI is InChI=1S/C54H42O4/c1-9-57-53(55)49-37-19-17-35-43(39-27(5)21-25(3)22-28(39)6)33-15-11-13-31-32-14-12-16-34-42(32)52-48-36(44(34)40-29(7)23-26(4)24-30(40)8)18-20-38(50(49)54(56)58-10-2)46(48)45(37)47(35)51(52)41(31)33/h11-24H,9-10H2,1-8H3. The molecule has 4 heteroatoms. The minimum absolute atomic E-state index is 0.179. The highest BCUT2D eigenvalue weighted by Crippen LogP contribution is 2.58. The van der Waals surface area contributed by atoms with Gasteiger partial charge in [-0.15, -0.1) is 0 Å². The molecule has 4 nitrogen and oxygen atoms in total. The molecular weight excluding hydrogens is 713 g/mol. The molecule has 282 valence electrons. The molecule has 0 aliphatic carbocycles. The summed E-state index contributed by atoms with van der Waals surface area (Å²) in [5.74, 6) is -1.05. The lowest BCUT2D eigenvalue weighted by Gasteiger charge is -2.29. The Bertz CT molecular complexity index is 3290. The van der Waals surface area contributed by atoms with Gasteiger partial charge in [0.25, 0.3) is 0 Å². The maximum atomic E-state index is 14.4. The van der Waals surface area contributed by atoms with Crippen LogP contribution in [-0.2, 0) is 9.47 Å². The monoisotopic (exact) mass is 754 g/mol. The van der Waals surface area contributed by atoms with Gasteiger partial charge in [-0.2, -0.15) is 0 Å². The minimum atomic E-state index is -0.523. The molecule has 0 spiro atoms. The molecule has 0 aromatic heterocycles. The molecule has 11 aromatic carbocycles. The second kappa shape index (κ2) is 12.0. The quantitative estimate of drug-likeness (QED) is 0.0964. The molecule has 0 saturated carbocycles. The Labute approximate surface area is 336 Å². The van der Waals surface area contributed by atoms with Crippen LogP contribution in [-0.4, -0.2) is 25.2 Å². The summed E-state index contributed by atoms with van der Waals surface area (Å²) in [4.78, 5) is 28.7. The molecule has 0 amide bonds. The molecule has 0 heterocycles. The molecule has 0 aliphatic rings. The highest BCUT2D eigenvalue weighted by Gasteiger charge is 2.34. The lowest BCUT2D eigenvalue weighted by molar-refractivity contribution is 0.0482. The fourth-order valence-electron chi connectivity index (χ4n) is 11.4. The third-order valence-corrected chi connectivity index (χ3v) is 13.0. The zero-order valence-corrected chi connectivity index (χ0v) is 34.1. The summed E-state index contributed by atoms with van der Waals surface area (Å²) >= 11 is 0. The van der Waals surface area contributed by atoms with Crippen LogP contribution in [0.4, 0.5) is 0 Å². The number of benzene rings is 11. The van der Waals surface area contributed by atoms with E-state index in [1.54, 1.807) is 13.8 Å². The van der Waals surface area contributed by atoms with Gasteiger partial charge in [0.2, 0.25) is 0 Å². The summed E-state index contributed by atoms with van der Waals surface area (Å²) in [5.41, 5.74) is 12.7. The van der Waals surface area contributed by atoms with E-state index in [0.717, 1.165) is 32.3 Å². The topological polar surface area (TPSA) is 52.6 Å². The van der Waals surface area contributed by atoms with Gasteiger partial charge in [-0.05, 0) is 186 Å². The Hall–Kier alpha value is -6.52. The molecular formula is C54H42O4. The highest BCUT2D eigenvalue weighted by molar-refractivity contribution is 6.55. The first-order valence-electron chi connectivity index (χ1n) is 20.4. The van der Waals surface area contributed by atoms with Crippen molar-refractivity contribution >= 4 is 98.1 Å². The molecule has 11 aromatic rings. The van der Waals surface area contributed by atoms with Gasteiger partial charge in [0.1, 0.15) is 0 Å². The lowest BCUT2D eigenvalue weighted by Crippen LogP contribution is -2.16. The summed E-state index contributed by atoms with van der Waals surface area (Å²) in [6.07, 6.45) is 0. The van der Waals surface area contributed by atoms with Crippen molar-refractivity contribution in [3.63, 3.8) is 0 Å². The maximum Gasteiger partial charge on any atom is 0.339 e. The molecule has 0 unspecified atom stereocenters. The van der Waals surface area contributed by atoms with Gasteiger partial charge in [-0.25, -0.2) is 9.59 Å². The number of fused-ring (bicyclic) bond motifs is 1. The summed E-state index contributed by atoms with van der Waals surface area (Å²) in [6, 6.07) is 31.2. The molecule has 0 atom stereocenters. The molecule has 0 saturated heterocycles. The number of carbonyl (C=O) groups is 2. The smallest absolute Gasteiger partial charge is 0.339 e. The largest absolute Gasteiger partial charge is 0.462 e. The van der Waals surface area contributed by atoms with Crippen molar-refractivity contribution in [2.45, 2.75) is 55.4 Å². The van der Waals surface area contributed by atoms with Gasteiger partial charge in [0.05, 0.1) is 24.3 Å². The zero-order valence-electron chi connectivity index (χ0n) is 34.1. The average molecular weight is 755 g/mol. The van der Waals surface area contributed by atoms with E-state index in [1.807, 2.05) is 0 Å². The predicted molar refractivity (Wildman–Crippen MR) is 242 cm³/mol. The molecule has 0 fully saturated rings. The van der Waals surface area contributed by atoms with Crippen LogP contribution >= 0.6 is 0 Å². The van der Waals surface area contributed by atoms with Gasteiger partial charge in [0.15, 0.2) is 0 Å². The summed E-state index contributed by atoms with van der Waals surface area (Å²) < 4.78 is 11.6. The van der Waals surface area contributed by atoms with E-state index in [2.05, 4.69) is 126 Å². The van der Waals surface area contributed by atoms with Crippen LogP contribution in [0.15, 0.2) is 84.9 Å². The number of carbonyl (C=O) groups excluding carboxylic acids is 2. The van der Waals surface area contributed by atoms with E-state index in [0.29, 0.717) is 10.8 Å². The first kappa shape index (κ1) is 34.7. The van der Waals surface area contributed by atoms with Crippen molar-refractivity contribution in [3.8, 4) is 22.3 Å². The predicted octanol–water partition coefficient (Wildman–Crippen LogP) is 14.2. The van der Waals surface area contributed by atoms with E-state index in [1.165, 1.54) is 98.7 Å². The number of aryl methyl sites for hydroxylation is 6. The second-order valence-electron chi connectivity index (χ2n) is 16.5. The number of esters is 2. The van der Waals surface area contributed by atoms with Crippen molar-refractivity contribution in [3.05, 3.63) is 129 Å². The molecule has 58 heavy (non-hydrogen) atoms. The Balaban J connectivity index is 1.53. The van der Waals surface area contributed by atoms with Gasteiger partial charge in [-0.3, -0.25) is 0 Å². The Kier molecular flexibility index (Phi) is 7.18. The van der Waals surface area contributed by atoms with E-state index in [-0.39, 0.29) is 24.3 Å². The van der Waals surface area contributed by atoms with Crippen LogP contribution in [0.3, 0.4) is 0 Å². The van der Waals surface area contributed by atoms with Crippen molar-refractivity contribution in [2.24, 2.45) is 0 Å². The first-order chi connectivity index (χ1) is 28.0. The van der Waals surface area contributed by atoms with Crippen LogP contribution in [0, 0.1) is 41.5 Å². The van der Waals surface area contributed by atoms with Gasteiger partial charge < -0.3 is 9.47 Å². The summed E-state index contributed by atoms with van der Waals surface area (Å²) in [6.45, 7) is 17.2. The SMILES string of the molecule is CCOC(=O)c1c(C(=O)OCC)c2ccc3c(-c4c(C)cc(C)cc4C)c4cccc5c6cccc7c(-c8c(C)cc(C)cc8C)c8ccc1c1c2c3c(c45)c(c76)c81. The molecule has 11 rings (SSSR count). The van der Waals surface area contributed by atoms with Crippen LogP contribution < -0.4 is 0 Å². The molecule has 0 aliphatic heterocycles. The first-order valence-corrected chi connectivity index (χ1v) is 20.4. The van der Waals surface area contributed by atoms with E-state index >= 15 is 0 Å². The van der Waals surface area contributed by atoms with Crippen molar-refractivity contribution < 1.29 is 19.1 Å². The molecule has 0 N–H and O–H groups in total. The number of ether oxygens (including phenoxy) is 2. The molecule has 0 radical (unpaired) electrons. The van der Waals surface area contributed by atoms with Gasteiger partial charge in [-0.1, -0.05) is 96.1 Å². The Morgan fingerprint density at radius 3 is 1.05 bits per heavy atom. The Morgan fingerprint density at radius 2 is 0.690 bits per heavy atom. The van der Waals surface area contributed by atoms with E-state index in [4.69, 9.17) is 9.47 Å². The number of hydrogen-bond donors (Lipinski definition) is 0. The van der Waals surface area contributed by atoms with Crippen LogP contribution in [0.25, 0.3) is 108 Å². The third-order valence-electron chi connectivity index (χ3n) is 13.0. The minimum Gasteiger partial charge on any atom is -0.462 e. The van der Waals surface area contributed by atoms with Gasteiger partial charge in [0, 0.05) is 0 Å². The van der Waals surface area contributed by atoms with Crippen molar-refractivity contribution in [1.82, 2.24) is 0 Å². The van der Waals surface area contributed by atoms with Crippen LogP contribution in [0.5, 0.6) is 0 Å². The van der Waals surface area contributed by atoms with Crippen LogP contribution in [0.2, 0.25) is 0 Å². The van der Waals surface area contributed by atoms with Gasteiger partial charge >= 0.3 is 11.9 Å². The fourth-order valence-corrected chi connectivity index (χ4v) is 11.4. The highest BCUT2D eigenvalue weighted by atomic mass is 16.5. The lowest BCUT2D eigenvalue weighted by atomic mass is 9.73. The summed E-state index contributed by atoms with van der Waals surface area (Å²) in [7, 11) is 0. The summed E-state index contributed by atoms with van der Waals surface area (Å²) in [5, 5.41) is 17.6. The average Bonchev–Trinajstić information content (AvgIpc) is 3.18. The maximum absolute atomic E-state index is 14.4. The van der Waals surface area contributed by atoms with E-state index in [9.17, 15) is 9.59 Å². The number of hydrogen-bond acceptors (Lipinski definition) is 4.